The molecule has 3 aromatic rings. The van der Waals surface area contributed by atoms with Crippen molar-refractivity contribution in [3.8, 4) is 0 Å². The average molecular weight is 896 g/mol. The highest BCUT2D eigenvalue weighted by atomic mass is 32.2. The second-order valence-electron chi connectivity index (χ2n) is 14.7. The minimum atomic E-state index is -4.11. The lowest BCUT2D eigenvalue weighted by atomic mass is 10.1. The fraction of sp³-hybridized carbons (Fsp3) is 0.372. The van der Waals surface area contributed by atoms with Gasteiger partial charge in [0, 0.05) is 30.9 Å². The molecule has 340 valence electrons. The summed E-state index contributed by atoms with van der Waals surface area (Å²) in [5, 5.41) is 41.7. The lowest BCUT2D eigenvalue weighted by Gasteiger charge is -2.18. The molecule has 0 fully saturated rings. The van der Waals surface area contributed by atoms with Gasteiger partial charge in [-0.25, -0.2) is 13.6 Å². The number of sulfonamides is 1. The van der Waals surface area contributed by atoms with Crippen molar-refractivity contribution < 1.29 is 23.1 Å². The molecule has 2 aliphatic carbocycles. The number of ketones is 2. The van der Waals surface area contributed by atoms with E-state index in [1.165, 1.54) is 0 Å². The molecule has 2 aromatic carbocycles. The molecule has 0 spiro atoms. The molecule has 0 bridgehead atoms. The second-order valence-corrected chi connectivity index (χ2v) is 16.3. The van der Waals surface area contributed by atoms with E-state index in [1.54, 1.807) is 6.07 Å². The fourth-order valence-corrected chi connectivity index (χ4v) is 6.87. The monoisotopic (exact) mass is 895 g/mol. The van der Waals surface area contributed by atoms with E-state index in [-0.39, 0.29) is 22.0 Å². The lowest BCUT2D eigenvalue weighted by molar-refractivity contribution is -0.109. The number of hydrogen-bond acceptors (Lipinski definition) is 19. The first kappa shape index (κ1) is 48.4. The van der Waals surface area contributed by atoms with Crippen molar-refractivity contribution in [1.29, 1.82) is 0 Å². The molecule has 2 aliphatic rings. The number of anilines is 6. The molecule has 0 unspecified atom stereocenters. The van der Waals surface area contributed by atoms with Gasteiger partial charge in [0.15, 0.2) is 0 Å². The van der Waals surface area contributed by atoms with Crippen LogP contribution in [0.15, 0.2) is 104 Å². The van der Waals surface area contributed by atoms with Gasteiger partial charge in [-0.1, -0.05) is 33.8 Å². The van der Waals surface area contributed by atoms with Gasteiger partial charge in [0.25, 0.3) is 0 Å². The molecule has 8 N–H and O–H groups in total. The number of rotatable bonds is 23. The van der Waals surface area contributed by atoms with Crippen molar-refractivity contribution >= 4 is 73.6 Å². The van der Waals surface area contributed by atoms with Crippen molar-refractivity contribution in [2.24, 2.45) is 25.6 Å². The number of benzene rings is 2. The minimum Gasteiger partial charge on any atom is -0.505 e. The predicted molar refractivity (Wildman–Crippen MR) is 253 cm³/mol. The van der Waals surface area contributed by atoms with E-state index in [1.807, 2.05) is 44.2 Å². The summed E-state index contributed by atoms with van der Waals surface area (Å²) in [7, 11) is -4.11. The van der Waals surface area contributed by atoms with Crippen LogP contribution in [-0.2, 0) is 19.6 Å². The normalized spacial score (nSPS) is 15.5. The Hall–Kier alpha value is -6.68. The number of aliphatic hydroxyl groups is 1. The van der Waals surface area contributed by atoms with Gasteiger partial charge < -0.3 is 41.7 Å². The number of nitrogens with zero attached hydrogens (tertiary/aromatic N) is 9. The first-order chi connectivity index (χ1) is 30.7. The number of allylic oxidation sites excluding steroid dienone is 5. The zero-order valence-corrected chi connectivity index (χ0v) is 37.8. The molecule has 20 nitrogen and oxygen atoms in total. The van der Waals surface area contributed by atoms with E-state index in [0.29, 0.717) is 23.5 Å². The number of nitrogens with two attached hydrogens (primary N) is 1. The summed E-state index contributed by atoms with van der Waals surface area (Å²) in [4.78, 5) is 43.2. The molecule has 5 rings (SSSR count). The predicted octanol–water partition coefficient (Wildman–Crippen LogP) is 6.06. The molecule has 0 radical (unpaired) electrons. The van der Waals surface area contributed by atoms with E-state index in [2.05, 4.69) is 99.7 Å². The van der Waals surface area contributed by atoms with E-state index in [4.69, 9.17) is 5.14 Å². The number of aryl methyl sites for hydroxylation is 2. The van der Waals surface area contributed by atoms with Gasteiger partial charge in [-0.15, -0.1) is 15.3 Å². The second kappa shape index (κ2) is 23.1. The summed E-state index contributed by atoms with van der Waals surface area (Å²) in [5.74, 6) is -0.419. The SMILES string of the molecule is CCN(CC)CCCNc1nc(NCCCN(CC)CC)nc(Nc2cccc(NNc3cc(C)c(N=NC4=C/C(=N/N=C5/C=C(S(N)(=O)=O)C=CC5=O)C(=O)C=C4O)cc3C)c2)n1. The van der Waals surface area contributed by atoms with Crippen LogP contribution in [-0.4, -0.2) is 114 Å². The topological polar surface area (TPSA) is 269 Å². The Morgan fingerprint density at radius 3 is 1.91 bits per heavy atom. The number of azo groups is 1. The summed E-state index contributed by atoms with van der Waals surface area (Å²) in [6.45, 7) is 19.8. The molecule has 0 saturated heterocycles. The maximum absolute atomic E-state index is 12.6. The highest BCUT2D eigenvalue weighted by Crippen LogP contribution is 2.29. The molecule has 0 saturated carbocycles. The average Bonchev–Trinajstić information content (AvgIpc) is 3.26. The zero-order valence-electron chi connectivity index (χ0n) is 37.0. The van der Waals surface area contributed by atoms with Crippen molar-refractivity contribution in [3.63, 3.8) is 0 Å². The van der Waals surface area contributed by atoms with Crippen LogP contribution >= 0.6 is 0 Å². The first-order valence-electron chi connectivity index (χ1n) is 21.1. The summed E-state index contributed by atoms with van der Waals surface area (Å²) in [5.41, 5.74) is 10.2. The van der Waals surface area contributed by atoms with Gasteiger partial charge in [-0.2, -0.15) is 20.1 Å². The minimum absolute atomic E-state index is 0.0857. The molecule has 1 aromatic heterocycles. The molecule has 21 heteroatoms. The van der Waals surface area contributed by atoms with Gasteiger partial charge in [0.1, 0.15) is 22.9 Å². The summed E-state index contributed by atoms with van der Waals surface area (Å²) in [6, 6.07) is 11.3. The number of carbonyl (C=O) groups is 2. The Labute approximate surface area is 373 Å². The molecule has 0 atom stereocenters. The maximum atomic E-state index is 12.6. The van der Waals surface area contributed by atoms with Gasteiger partial charge in [0.2, 0.25) is 39.4 Å². The van der Waals surface area contributed by atoms with E-state index in [9.17, 15) is 23.1 Å². The first-order valence-corrected chi connectivity index (χ1v) is 22.6. The van der Waals surface area contributed by atoms with Crippen LogP contribution in [0.4, 0.5) is 40.6 Å². The summed E-state index contributed by atoms with van der Waals surface area (Å²) in [6.07, 6.45) is 6.92. The van der Waals surface area contributed by atoms with E-state index in [0.717, 1.165) is 124 Å². The zero-order chi connectivity index (χ0) is 46.2. The number of primary sulfonamides is 1. The Morgan fingerprint density at radius 1 is 0.703 bits per heavy atom. The van der Waals surface area contributed by atoms with Gasteiger partial charge >= 0.3 is 0 Å². The standard InChI is InChI=1S/C43H57N15O5S/c1-7-57(8-2)20-12-18-45-41-48-42(46-19-13-21-58(9-3)10-4)50-43(49-41)47-30-14-11-15-31(24-30)51-52-33-22-29(6)34(23-28(33)5)53-55-36-26-37(40(61)27-39(36)60)56-54-35-25-32(64(44,62)63)16-17-38(35)59/h11,14-17,22-27,51-52,60H,7-10,12-13,18-21H2,1-6H3,(H2,44,62,63)(H3,45,46,47,48,49,50)/b54-35-,55-53?,56-37-. The Balaban J connectivity index is 1.25. The van der Waals surface area contributed by atoms with Gasteiger partial charge in [-0.05, 0) is 126 Å². The van der Waals surface area contributed by atoms with Crippen LogP contribution in [0.3, 0.4) is 0 Å². The number of hydrazine groups is 1. The molecule has 0 aliphatic heterocycles. The number of hydrogen-bond donors (Lipinski definition) is 7. The van der Waals surface area contributed by atoms with Crippen LogP contribution in [0.25, 0.3) is 0 Å². The third kappa shape index (κ3) is 14.2. The van der Waals surface area contributed by atoms with Gasteiger partial charge in [-0.3, -0.25) is 9.59 Å². The van der Waals surface area contributed by atoms with Crippen LogP contribution in [0.2, 0.25) is 0 Å². The van der Waals surface area contributed by atoms with E-state index < -0.39 is 27.3 Å². The molecular formula is C43H57N15O5S. The summed E-state index contributed by atoms with van der Waals surface area (Å²) >= 11 is 0. The Kier molecular flexibility index (Phi) is 17.5. The van der Waals surface area contributed by atoms with Crippen molar-refractivity contribution in [3.05, 3.63) is 94.3 Å². The third-order valence-electron chi connectivity index (χ3n) is 10.1. The number of nitrogens with one attached hydrogen (secondary N) is 5. The van der Waals surface area contributed by atoms with Crippen LogP contribution < -0.4 is 31.9 Å². The number of carbonyl (C=O) groups excluding carboxylic acids is 2. The Bertz CT molecular complexity index is 2470. The van der Waals surface area contributed by atoms with Crippen molar-refractivity contribution in [2.75, 3.05) is 79.2 Å². The number of aromatic nitrogens is 3. The quantitative estimate of drug-likeness (QED) is 0.0247. The largest absolute Gasteiger partial charge is 0.505 e. The molecule has 1 heterocycles. The van der Waals surface area contributed by atoms with Crippen LogP contribution in [0.5, 0.6) is 0 Å². The maximum Gasteiger partial charge on any atom is 0.238 e. The highest BCUT2D eigenvalue weighted by Gasteiger charge is 2.21. The van der Waals surface area contributed by atoms with Crippen molar-refractivity contribution in [1.82, 2.24) is 24.8 Å². The van der Waals surface area contributed by atoms with Crippen LogP contribution in [0.1, 0.15) is 51.7 Å². The van der Waals surface area contributed by atoms with Crippen LogP contribution in [0, 0.1) is 13.8 Å². The molecule has 64 heavy (non-hydrogen) atoms. The van der Waals surface area contributed by atoms with Gasteiger partial charge in [0.05, 0.1) is 22.0 Å². The smallest absolute Gasteiger partial charge is 0.238 e. The summed E-state index contributed by atoms with van der Waals surface area (Å²) < 4.78 is 23.4. The molecule has 0 amide bonds. The Morgan fingerprint density at radius 2 is 1.30 bits per heavy atom. The van der Waals surface area contributed by atoms with E-state index >= 15 is 0 Å². The highest BCUT2D eigenvalue weighted by molar-refractivity contribution is 7.93. The lowest BCUT2D eigenvalue weighted by Crippen LogP contribution is -2.26. The van der Waals surface area contributed by atoms with Crippen molar-refractivity contribution in [2.45, 2.75) is 54.4 Å². The third-order valence-corrected chi connectivity index (χ3v) is 11.1. The fourth-order valence-electron chi connectivity index (χ4n) is 6.33. The molecular weight excluding hydrogens is 839 g/mol. The number of aliphatic hydroxyl groups excluding tert-OH is 1.